The molecule has 1 saturated carbocycles. The summed E-state index contributed by atoms with van der Waals surface area (Å²) in [4.78, 5) is 2.48. The highest BCUT2D eigenvalue weighted by atomic mass is 16.3. The first-order valence-electron chi connectivity index (χ1n) is 7.23. The van der Waals surface area contributed by atoms with Crippen molar-refractivity contribution in [2.24, 2.45) is 0 Å². The van der Waals surface area contributed by atoms with Crippen molar-refractivity contribution < 1.29 is 5.11 Å². The molecule has 2 N–H and O–H groups in total. The standard InChI is InChI=1S/C14H30N2O/c1-4-6-10-16(3)13-7-8-14(11-13,12-17)15-9-5-2/h13,15,17H,4-12H2,1-3H3. The van der Waals surface area contributed by atoms with Gasteiger partial charge in [-0.15, -0.1) is 0 Å². The largest absolute Gasteiger partial charge is 0.394 e. The number of aliphatic hydroxyl groups is 1. The molecule has 0 aromatic heterocycles. The molecule has 1 aliphatic carbocycles. The van der Waals surface area contributed by atoms with Crippen LogP contribution in [0.2, 0.25) is 0 Å². The lowest BCUT2D eigenvalue weighted by molar-refractivity contribution is 0.150. The van der Waals surface area contributed by atoms with Crippen molar-refractivity contribution in [3.63, 3.8) is 0 Å². The van der Waals surface area contributed by atoms with Gasteiger partial charge in [-0.3, -0.25) is 0 Å². The molecule has 1 aliphatic rings. The zero-order chi connectivity index (χ0) is 12.7. The summed E-state index contributed by atoms with van der Waals surface area (Å²) in [5.41, 5.74) is 0.00114. The number of nitrogens with zero attached hydrogens (tertiary/aromatic N) is 1. The lowest BCUT2D eigenvalue weighted by atomic mass is 9.98. The highest BCUT2D eigenvalue weighted by Gasteiger charge is 2.39. The van der Waals surface area contributed by atoms with Crippen molar-refractivity contribution in [2.45, 2.75) is 64.0 Å². The minimum atomic E-state index is 0.00114. The predicted octanol–water partition coefficient (Wildman–Crippen LogP) is 2.00. The van der Waals surface area contributed by atoms with E-state index in [1.54, 1.807) is 0 Å². The van der Waals surface area contributed by atoms with Crippen molar-refractivity contribution in [1.29, 1.82) is 0 Å². The second-order valence-electron chi connectivity index (χ2n) is 5.60. The second kappa shape index (κ2) is 7.34. The third-order valence-corrected chi connectivity index (χ3v) is 4.12. The molecule has 0 aromatic carbocycles. The third kappa shape index (κ3) is 4.23. The Balaban J connectivity index is 2.42. The maximum atomic E-state index is 9.64. The van der Waals surface area contributed by atoms with Gasteiger partial charge in [-0.2, -0.15) is 0 Å². The summed E-state index contributed by atoms with van der Waals surface area (Å²) in [6, 6.07) is 0.651. The maximum Gasteiger partial charge on any atom is 0.0613 e. The molecule has 17 heavy (non-hydrogen) atoms. The van der Waals surface area contributed by atoms with Crippen molar-refractivity contribution in [3.05, 3.63) is 0 Å². The lowest BCUT2D eigenvalue weighted by Crippen LogP contribution is -2.48. The lowest BCUT2D eigenvalue weighted by Gasteiger charge is -2.30. The van der Waals surface area contributed by atoms with Gasteiger partial charge in [0.1, 0.15) is 0 Å². The fourth-order valence-electron chi connectivity index (χ4n) is 2.81. The highest BCUT2D eigenvalue weighted by Crippen LogP contribution is 2.32. The number of hydrogen-bond acceptors (Lipinski definition) is 3. The Morgan fingerprint density at radius 2 is 2.12 bits per heavy atom. The molecule has 2 atom stereocenters. The summed E-state index contributed by atoms with van der Waals surface area (Å²) in [6.07, 6.45) is 7.11. The van der Waals surface area contributed by atoms with Crippen molar-refractivity contribution in [3.8, 4) is 0 Å². The van der Waals surface area contributed by atoms with Crippen LogP contribution in [-0.2, 0) is 0 Å². The van der Waals surface area contributed by atoms with Gasteiger partial charge in [0.05, 0.1) is 6.61 Å². The van der Waals surface area contributed by atoms with Crippen molar-refractivity contribution in [1.82, 2.24) is 10.2 Å². The van der Waals surface area contributed by atoms with Gasteiger partial charge in [0, 0.05) is 11.6 Å². The van der Waals surface area contributed by atoms with Crippen LogP contribution in [0.1, 0.15) is 52.4 Å². The fraction of sp³-hybridized carbons (Fsp3) is 1.00. The molecular formula is C14H30N2O. The van der Waals surface area contributed by atoms with E-state index in [4.69, 9.17) is 0 Å². The first kappa shape index (κ1) is 14.9. The van der Waals surface area contributed by atoms with Crippen LogP contribution in [0, 0.1) is 0 Å². The van der Waals surface area contributed by atoms with E-state index in [9.17, 15) is 5.11 Å². The smallest absolute Gasteiger partial charge is 0.0613 e. The quantitative estimate of drug-likeness (QED) is 0.683. The molecule has 0 spiro atoms. The Kier molecular flexibility index (Phi) is 6.45. The summed E-state index contributed by atoms with van der Waals surface area (Å²) in [5, 5.41) is 13.2. The summed E-state index contributed by atoms with van der Waals surface area (Å²) >= 11 is 0. The first-order chi connectivity index (χ1) is 8.17. The SMILES string of the molecule is CCCCN(C)C1CCC(CO)(NCCC)C1. The maximum absolute atomic E-state index is 9.64. The van der Waals surface area contributed by atoms with Crippen molar-refractivity contribution >= 4 is 0 Å². The van der Waals surface area contributed by atoms with Crippen LogP contribution in [0.4, 0.5) is 0 Å². The molecule has 102 valence electrons. The number of nitrogens with one attached hydrogen (secondary N) is 1. The molecular weight excluding hydrogens is 212 g/mol. The third-order valence-electron chi connectivity index (χ3n) is 4.12. The van der Waals surface area contributed by atoms with Crippen LogP contribution in [0.5, 0.6) is 0 Å². The molecule has 1 rings (SSSR count). The molecule has 0 aliphatic heterocycles. The molecule has 2 unspecified atom stereocenters. The van der Waals surface area contributed by atoms with Gasteiger partial charge in [0.15, 0.2) is 0 Å². The van der Waals surface area contributed by atoms with E-state index in [-0.39, 0.29) is 12.1 Å². The summed E-state index contributed by atoms with van der Waals surface area (Å²) < 4.78 is 0. The van der Waals surface area contributed by atoms with Crippen LogP contribution in [0.3, 0.4) is 0 Å². The van der Waals surface area contributed by atoms with Gasteiger partial charge in [-0.1, -0.05) is 20.3 Å². The average molecular weight is 242 g/mol. The fourth-order valence-corrected chi connectivity index (χ4v) is 2.81. The van der Waals surface area contributed by atoms with Crippen LogP contribution >= 0.6 is 0 Å². The van der Waals surface area contributed by atoms with Crippen LogP contribution < -0.4 is 5.32 Å². The molecule has 3 nitrogen and oxygen atoms in total. The van der Waals surface area contributed by atoms with Gasteiger partial charge in [-0.05, 0) is 52.2 Å². The number of unbranched alkanes of at least 4 members (excludes halogenated alkanes) is 1. The molecule has 0 bridgehead atoms. The molecule has 1 fully saturated rings. The van der Waals surface area contributed by atoms with Crippen molar-refractivity contribution in [2.75, 3.05) is 26.7 Å². The molecule has 0 aromatic rings. The molecule has 0 heterocycles. The Labute approximate surface area is 107 Å². The van der Waals surface area contributed by atoms with E-state index >= 15 is 0 Å². The zero-order valence-corrected chi connectivity index (χ0v) is 11.8. The van der Waals surface area contributed by atoms with E-state index in [0.717, 1.165) is 25.8 Å². The average Bonchev–Trinajstić information content (AvgIpc) is 2.78. The topological polar surface area (TPSA) is 35.5 Å². The Morgan fingerprint density at radius 3 is 2.71 bits per heavy atom. The molecule has 0 saturated heterocycles. The number of rotatable bonds is 8. The summed E-state index contributed by atoms with van der Waals surface area (Å²) in [5.74, 6) is 0. The Morgan fingerprint density at radius 1 is 1.35 bits per heavy atom. The highest BCUT2D eigenvalue weighted by molar-refractivity contribution is 4.98. The van der Waals surface area contributed by atoms with E-state index in [1.807, 2.05) is 0 Å². The Hall–Kier alpha value is -0.120. The number of hydrogen-bond donors (Lipinski definition) is 2. The minimum absolute atomic E-state index is 0.00114. The normalized spacial score (nSPS) is 29.1. The second-order valence-corrected chi connectivity index (χ2v) is 5.60. The minimum Gasteiger partial charge on any atom is -0.394 e. The van der Waals surface area contributed by atoms with Crippen LogP contribution in [0.15, 0.2) is 0 Å². The van der Waals surface area contributed by atoms with Crippen LogP contribution in [-0.4, -0.2) is 48.3 Å². The molecule has 0 amide bonds. The van der Waals surface area contributed by atoms with Gasteiger partial charge < -0.3 is 15.3 Å². The van der Waals surface area contributed by atoms with Gasteiger partial charge in [-0.25, -0.2) is 0 Å². The van der Waals surface area contributed by atoms with Gasteiger partial charge in [0.25, 0.3) is 0 Å². The van der Waals surface area contributed by atoms with Crippen LogP contribution in [0.25, 0.3) is 0 Å². The van der Waals surface area contributed by atoms with E-state index < -0.39 is 0 Å². The summed E-state index contributed by atoms with van der Waals surface area (Å²) in [6.45, 7) is 6.91. The van der Waals surface area contributed by atoms with Gasteiger partial charge in [0.2, 0.25) is 0 Å². The first-order valence-corrected chi connectivity index (χ1v) is 7.23. The van der Waals surface area contributed by atoms with E-state index in [1.165, 1.54) is 25.8 Å². The predicted molar refractivity (Wildman–Crippen MR) is 73.3 cm³/mol. The van der Waals surface area contributed by atoms with E-state index in [2.05, 4.69) is 31.1 Å². The monoisotopic (exact) mass is 242 g/mol. The zero-order valence-electron chi connectivity index (χ0n) is 11.8. The Bertz CT molecular complexity index is 210. The molecule has 0 radical (unpaired) electrons. The summed E-state index contributed by atoms with van der Waals surface area (Å²) in [7, 11) is 2.23. The molecule has 3 heteroatoms. The number of aliphatic hydroxyl groups excluding tert-OH is 1. The van der Waals surface area contributed by atoms with Gasteiger partial charge >= 0.3 is 0 Å². The van der Waals surface area contributed by atoms with E-state index in [0.29, 0.717) is 6.04 Å².